The van der Waals surface area contributed by atoms with Gasteiger partial charge >= 0.3 is 5.97 Å². The summed E-state index contributed by atoms with van der Waals surface area (Å²) in [5.74, 6) is 2.49. The van der Waals surface area contributed by atoms with Crippen molar-refractivity contribution in [3.05, 3.63) is 11.5 Å². The zero-order valence-electron chi connectivity index (χ0n) is 13.9. The van der Waals surface area contributed by atoms with Crippen molar-refractivity contribution in [3.8, 4) is 0 Å². The summed E-state index contributed by atoms with van der Waals surface area (Å²) >= 11 is 1.85. The van der Waals surface area contributed by atoms with Crippen molar-refractivity contribution in [1.82, 2.24) is 14.9 Å². The third-order valence-electron chi connectivity index (χ3n) is 4.18. The van der Waals surface area contributed by atoms with Gasteiger partial charge in [-0.25, -0.2) is 9.97 Å². The van der Waals surface area contributed by atoms with Crippen LogP contribution in [0.4, 0.5) is 5.82 Å². The van der Waals surface area contributed by atoms with Gasteiger partial charge in [-0.05, 0) is 32.6 Å². The number of rotatable bonds is 4. The highest BCUT2D eigenvalue weighted by atomic mass is 32.2. The van der Waals surface area contributed by atoms with Crippen molar-refractivity contribution < 1.29 is 9.53 Å². The van der Waals surface area contributed by atoms with Crippen LogP contribution in [-0.4, -0.2) is 66.4 Å². The Bertz CT molecular complexity index is 573. The molecule has 0 unspecified atom stereocenters. The summed E-state index contributed by atoms with van der Waals surface area (Å²) in [4.78, 5) is 27.0. The van der Waals surface area contributed by atoms with E-state index in [1.807, 2.05) is 18.7 Å². The zero-order valence-corrected chi connectivity index (χ0v) is 14.7. The standard InChI is InChI=1S/C16H24N4O2S/c1-3-22-14(21)11-13-17-12-5-4-10-23-15(12)16(18-13)20-8-6-19(2)7-9-20/h3-11H2,1-2H3. The number of fused-ring (bicyclic) bond motifs is 1. The van der Waals surface area contributed by atoms with Crippen LogP contribution < -0.4 is 4.90 Å². The number of aryl methyl sites for hydroxylation is 1. The van der Waals surface area contributed by atoms with Crippen molar-refractivity contribution in [3.63, 3.8) is 0 Å². The lowest BCUT2D eigenvalue weighted by Gasteiger charge is -2.35. The molecule has 0 radical (unpaired) electrons. The summed E-state index contributed by atoms with van der Waals surface area (Å²) in [5.41, 5.74) is 1.10. The summed E-state index contributed by atoms with van der Waals surface area (Å²) in [6.45, 7) is 6.23. The Labute approximate surface area is 141 Å². The molecule has 126 valence electrons. The average Bonchev–Trinajstić information content (AvgIpc) is 2.55. The first-order chi connectivity index (χ1) is 11.2. The van der Waals surface area contributed by atoms with Gasteiger partial charge in [0.1, 0.15) is 18.1 Å². The lowest BCUT2D eigenvalue weighted by Crippen LogP contribution is -2.45. The summed E-state index contributed by atoms with van der Waals surface area (Å²) in [6, 6.07) is 0. The van der Waals surface area contributed by atoms with Gasteiger partial charge in [0.2, 0.25) is 0 Å². The third kappa shape index (κ3) is 3.95. The van der Waals surface area contributed by atoms with Gasteiger partial charge in [-0.15, -0.1) is 11.8 Å². The maximum absolute atomic E-state index is 11.8. The van der Waals surface area contributed by atoms with E-state index < -0.39 is 0 Å². The number of hydrogen-bond donors (Lipinski definition) is 0. The maximum Gasteiger partial charge on any atom is 0.313 e. The molecular formula is C16H24N4O2S. The van der Waals surface area contributed by atoms with E-state index in [9.17, 15) is 4.79 Å². The van der Waals surface area contributed by atoms with Crippen LogP contribution in [0.3, 0.4) is 0 Å². The monoisotopic (exact) mass is 336 g/mol. The van der Waals surface area contributed by atoms with Crippen molar-refractivity contribution in [2.45, 2.75) is 31.1 Å². The Morgan fingerprint density at radius 3 is 2.78 bits per heavy atom. The van der Waals surface area contributed by atoms with E-state index in [1.54, 1.807) is 0 Å². The van der Waals surface area contributed by atoms with Gasteiger partial charge in [-0.3, -0.25) is 4.79 Å². The van der Waals surface area contributed by atoms with Crippen LogP contribution in [0.25, 0.3) is 0 Å². The molecule has 1 aromatic heterocycles. The molecule has 0 aromatic carbocycles. The van der Waals surface area contributed by atoms with Crippen LogP contribution in [0.1, 0.15) is 24.9 Å². The first kappa shape index (κ1) is 16.5. The van der Waals surface area contributed by atoms with E-state index in [-0.39, 0.29) is 12.4 Å². The smallest absolute Gasteiger partial charge is 0.313 e. The van der Waals surface area contributed by atoms with Gasteiger partial charge in [0, 0.05) is 26.2 Å². The average molecular weight is 336 g/mol. The van der Waals surface area contributed by atoms with Crippen molar-refractivity contribution in [2.75, 3.05) is 50.5 Å². The normalized spacial score (nSPS) is 18.6. The molecule has 0 atom stereocenters. The van der Waals surface area contributed by atoms with E-state index in [0.29, 0.717) is 12.4 Å². The predicted molar refractivity (Wildman–Crippen MR) is 91.1 cm³/mol. The Morgan fingerprint density at radius 1 is 1.26 bits per heavy atom. The Kier molecular flexibility index (Phi) is 5.38. The number of piperazine rings is 1. The highest BCUT2D eigenvalue weighted by Gasteiger charge is 2.25. The van der Waals surface area contributed by atoms with Gasteiger partial charge in [0.25, 0.3) is 0 Å². The molecule has 1 saturated heterocycles. The maximum atomic E-state index is 11.8. The minimum absolute atomic E-state index is 0.159. The number of nitrogens with zero attached hydrogens (tertiary/aromatic N) is 4. The second-order valence-electron chi connectivity index (χ2n) is 5.96. The number of carbonyl (C=O) groups excluding carboxylic acids is 1. The molecule has 0 spiro atoms. The van der Waals surface area contributed by atoms with Gasteiger partial charge < -0.3 is 14.5 Å². The number of hydrogen-bond acceptors (Lipinski definition) is 7. The Hall–Kier alpha value is -1.34. The summed E-state index contributed by atoms with van der Waals surface area (Å²) < 4.78 is 5.04. The number of thioether (sulfide) groups is 1. The molecule has 6 nitrogen and oxygen atoms in total. The molecule has 0 aliphatic carbocycles. The van der Waals surface area contributed by atoms with E-state index in [2.05, 4.69) is 21.8 Å². The fraction of sp³-hybridized carbons (Fsp3) is 0.688. The zero-order chi connectivity index (χ0) is 16.2. The van der Waals surface area contributed by atoms with Crippen LogP contribution in [-0.2, 0) is 22.4 Å². The van der Waals surface area contributed by atoms with Crippen LogP contribution in [0.2, 0.25) is 0 Å². The highest BCUT2D eigenvalue weighted by Crippen LogP contribution is 2.36. The lowest BCUT2D eigenvalue weighted by atomic mass is 10.2. The van der Waals surface area contributed by atoms with Crippen molar-refractivity contribution in [1.29, 1.82) is 0 Å². The van der Waals surface area contributed by atoms with Crippen LogP contribution in [0.15, 0.2) is 4.90 Å². The number of ether oxygens (including phenoxy) is 1. The highest BCUT2D eigenvalue weighted by molar-refractivity contribution is 7.99. The summed E-state index contributed by atoms with van der Waals surface area (Å²) in [5, 5.41) is 0. The molecule has 1 aromatic rings. The first-order valence-electron chi connectivity index (χ1n) is 8.29. The quantitative estimate of drug-likeness (QED) is 0.770. The van der Waals surface area contributed by atoms with E-state index in [4.69, 9.17) is 9.72 Å². The fourth-order valence-electron chi connectivity index (χ4n) is 2.92. The molecule has 3 heterocycles. The number of anilines is 1. The molecule has 0 amide bonds. The first-order valence-corrected chi connectivity index (χ1v) is 9.27. The number of aromatic nitrogens is 2. The Balaban J connectivity index is 1.87. The molecule has 2 aliphatic rings. The van der Waals surface area contributed by atoms with Crippen molar-refractivity contribution in [2.24, 2.45) is 0 Å². The van der Waals surface area contributed by atoms with Gasteiger partial charge in [0.15, 0.2) is 0 Å². The second-order valence-corrected chi connectivity index (χ2v) is 7.07. The minimum atomic E-state index is -0.250. The molecule has 0 N–H and O–H groups in total. The number of esters is 1. The summed E-state index contributed by atoms with van der Waals surface area (Å²) in [6.07, 6.45) is 2.27. The number of carbonyl (C=O) groups is 1. The predicted octanol–water partition coefficient (Wildman–Crippen LogP) is 1.37. The topological polar surface area (TPSA) is 58.6 Å². The largest absolute Gasteiger partial charge is 0.466 e. The molecule has 3 rings (SSSR count). The molecule has 0 bridgehead atoms. The number of likely N-dealkylation sites (N-methyl/N-ethyl adjacent to an activating group) is 1. The van der Waals surface area contributed by atoms with E-state index in [1.165, 1.54) is 4.90 Å². The van der Waals surface area contributed by atoms with Gasteiger partial charge in [-0.2, -0.15) is 0 Å². The van der Waals surface area contributed by atoms with Crippen LogP contribution >= 0.6 is 11.8 Å². The van der Waals surface area contributed by atoms with Gasteiger partial charge in [-0.1, -0.05) is 0 Å². The molecule has 1 fully saturated rings. The SMILES string of the molecule is CCOC(=O)Cc1nc2c(c(N3CCN(C)CC3)n1)SCCC2. The van der Waals surface area contributed by atoms with Crippen LogP contribution in [0, 0.1) is 0 Å². The minimum Gasteiger partial charge on any atom is -0.466 e. The van der Waals surface area contributed by atoms with Crippen molar-refractivity contribution >= 4 is 23.5 Å². The molecule has 7 heteroatoms. The Morgan fingerprint density at radius 2 is 2.04 bits per heavy atom. The molecule has 0 saturated carbocycles. The second kappa shape index (κ2) is 7.49. The summed E-state index contributed by atoms with van der Waals surface area (Å²) in [7, 11) is 2.15. The van der Waals surface area contributed by atoms with E-state index in [0.717, 1.165) is 56.3 Å². The van der Waals surface area contributed by atoms with Crippen LogP contribution in [0.5, 0.6) is 0 Å². The molecule has 23 heavy (non-hydrogen) atoms. The molecule has 2 aliphatic heterocycles. The third-order valence-corrected chi connectivity index (χ3v) is 5.38. The molecular weight excluding hydrogens is 312 g/mol. The van der Waals surface area contributed by atoms with Gasteiger partial charge in [0.05, 0.1) is 17.2 Å². The lowest BCUT2D eigenvalue weighted by molar-refractivity contribution is -0.142. The van der Waals surface area contributed by atoms with E-state index >= 15 is 0 Å². The fourth-order valence-corrected chi connectivity index (χ4v) is 4.03.